The zero-order chi connectivity index (χ0) is 20.2. The molecule has 1 aliphatic heterocycles. The van der Waals surface area contributed by atoms with Gasteiger partial charge in [0.15, 0.2) is 5.96 Å². The van der Waals surface area contributed by atoms with Crippen molar-refractivity contribution in [3.8, 4) is 0 Å². The van der Waals surface area contributed by atoms with E-state index in [1.807, 2.05) is 29.2 Å². The van der Waals surface area contributed by atoms with Crippen LogP contribution in [0.25, 0.3) is 0 Å². The van der Waals surface area contributed by atoms with Gasteiger partial charge in [0.1, 0.15) is 0 Å². The summed E-state index contributed by atoms with van der Waals surface area (Å²) in [6.07, 6.45) is 9.49. The number of guanidine groups is 1. The lowest BCUT2D eigenvalue weighted by atomic mass is 10.3. The van der Waals surface area contributed by atoms with E-state index in [0.29, 0.717) is 0 Å². The van der Waals surface area contributed by atoms with Gasteiger partial charge in [-0.15, -0.1) is 24.0 Å². The molecule has 2 aromatic heterocycles. The Morgan fingerprint density at radius 3 is 2.50 bits per heavy atom. The van der Waals surface area contributed by atoms with Gasteiger partial charge in [-0.1, -0.05) is 0 Å². The molecule has 2 N–H and O–H groups in total. The van der Waals surface area contributed by atoms with Crippen molar-refractivity contribution in [3.05, 3.63) is 36.9 Å². The first-order chi connectivity index (χ1) is 14.3. The first-order valence-electron chi connectivity index (χ1n) is 10.6. The van der Waals surface area contributed by atoms with Gasteiger partial charge in [0.2, 0.25) is 5.95 Å². The minimum Gasteiger partial charge on any atom is -0.357 e. The van der Waals surface area contributed by atoms with Crippen LogP contribution in [0.3, 0.4) is 0 Å². The van der Waals surface area contributed by atoms with Crippen LogP contribution >= 0.6 is 24.0 Å². The lowest BCUT2D eigenvalue weighted by Crippen LogP contribution is -2.47. The Morgan fingerprint density at radius 2 is 1.80 bits per heavy atom. The summed E-state index contributed by atoms with van der Waals surface area (Å²) < 4.78 is 1.94. The van der Waals surface area contributed by atoms with Crippen molar-refractivity contribution in [2.24, 2.45) is 4.99 Å². The van der Waals surface area contributed by atoms with E-state index < -0.39 is 0 Å². The molecule has 0 amide bonds. The molecule has 0 spiro atoms. The van der Waals surface area contributed by atoms with Crippen LogP contribution in [0.1, 0.15) is 19.8 Å². The first-order valence-corrected chi connectivity index (χ1v) is 10.6. The van der Waals surface area contributed by atoms with Crippen LogP contribution in [0.5, 0.6) is 0 Å². The van der Waals surface area contributed by atoms with E-state index in [0.717, 1.165) is 83.7 Å². The smallest absolute Gasteiger partial charge is 0.225 e. The number of aryl methyl sites for hydroxylation is 1. The predicted octanol–water partition coefficient (Wildman–Crippen LogP) is 1.45. The summed E-state index contributed by atoms with van der Waals surface area (Å²) >= 11 is 0. The zero-order valence-corrected chi connectivity index (χ0v) is 20.1. The highest BCUT2D eigenvalue weighted by Crippen LogP contribution is 2.09. The maximum Gasteiger partial charge on any atom is 0.225 e. The molecule has 1 aliphatic rings. The molecule has 3 rings (SSSR count). The van der Waals surface area contributed by atoms with Gasteiger partial charge in [-0.3, -0.25) is 14.6 Å². The van der Waals surface area contributed by atoms with Gasteiger partial charge in [0.25, 0.3) is 0 Å². The second-order valence-corrected chi connectivity index (χ2v) is 7.04. The van der Waals surface area contributed by atoms with Crippen molar-refractivity contribution in [2.45, 2.75) is 26.3 Å². The van der Waals surface area contributed by atoms with Crippen molar-refractivity contribution in [3.63, 3.8) is 0 Å². The number of nitrogens with one attached hydrogen (secondary N) is 2. The summed E-state index contributed by atoms with van der Waals surface area (Å²) in [5.74, 6) is 1.74. The van der Waals surface area contributed by atoms with Crippen LogP contribution < -0.4 is 15.5 Å². The quantitative estimate of drug-likeness (QED) is 0.209. The number of halogens is 1. The number of aromatic nitrogens is 4. The number of hydrogen-bond donors (Lipinski definition) is 2. The number of anilines is 1. The summed E-state index contributed by atoms with van der Waals surface area (Å²) in [4.78, 5) is 18.1. The van der Waals surface area contributed by atoms with E-state index in [1.165, 1.54) is 0 Å². The van der Waals surface area contributed by atoms with Gasteiger partial charge in [-0.2, -0.15) is 5.10 Å². The Balaban J connectivity index is 0.00000320. The van der Waals surface area contributed by atoms with Crippen LogP contribution in [0.15, 0.2) is 41.9 Å². The molecule has 0 atom stereocenters. The highest BCUT2D eigenvalue weighted by atomic mass is 127. The largest absolute Gasteiger partial charge is 0.357 e. The highest BCUT2D eigenvalue weighted by Gasteiger charge is 2.18. The summed E-state index contributed by atoms with van der Waals surface area (Å²) in [5.41, 5.74) is 0. The van der Waals surface area contributed by atoms with Gasteiger partial charge in [0, 0.05) is 77.1 Å². The number of nitrogens with zero attached hydrogens (tertiary/aromatic N) is 7. The van der Waals surface area contributed by atoms with Crippen LogP contribution in [0.2, 0.25) is 0 Å². The summed E-state index contributed by atoms with van der Waals surface area (Å²) in [6, 6.07) is 3.81. The number of piperazine rings is 1. The fourth-order valence-electron chi connectivity index (χ4n) is 3.33. The molecule has 3 heterocycles. The van der Waals surface area contributed by atoms with Crippen LogP contribution in [-0.2, 0) is 6.54 Å². The summed E-state index contributed by atoms with van der Waals surface area (Å²) in [5, 5.41) is 11.0. The third-order valence-corrected chi connectivity index (χ3v) is 4.87. The van der Waals surface area contributed by atoms with Crippen molar-refractivity contribution in [2.75, 3.05) is 57.3 Å². The lowest BCUT2D eigenvalue weighted by molar-refractivity contribution is 0.254. The van der Waals surface area contributed by atoms with Gasteiger partial charge < -0.3 is 15.5 Å². The second-order valence-electron chi connectivity index (χ2n) is 7.04. The number of rotatable bonds is 10. The van der Waals surface area contributed by atoms with E-state index in [9.17, 15) is 0 Å². The van der Waals surface area contributed by atoms with E-state index in [-0.39, 0.29) is 24.0 Å². The van der Waals surface area contributed by atoms with Gasteiger partial charge in [0.05, 0.1) is 0 Å². The Labute approximate surface area is 196 Å². The Bertz CT molecular complexity index is 700. The van der Waals surface area contributed by atoms with Crippen molar-refractivity contribution < 1.29 is 0 Å². The number of hydrogen-bond acceptors (Lipinski definition) is 6. The maximum absolute atomic E-state index is 4.66. The Morgan fingerprint density at radius 1 is 1.00 bits per heavy atom. The van der Waals surface area contributed by atoms with Crippen LogP contribution in [-0.4, -0.2) is 83.0 Å². The fourth-order valence-corrected chi connectivity index (χ4v) is 3.33. The molecule has 0 aliphatic carbocycles. The predicted molar refractivity (Wildman–Crippen MR) is 132 cm³/mol. The Kier molecular flexibility index (Phi) is 11.5. The van der Waals surface area contributed by atoms with E-state index in [2.05, 4.69) is 47.4 Å². The SMILES string of the molecule is CCNC(=NCCCn1cccn1)NCCCN1CCN(c2ncccn2)CC1.I. The summed E-state index contributed by atoms with van der Waals surface area (Å²) in [7, 11) is 0. The molecule has 0 bridgehead atoms. The van der Waals surface area contributed by atoms with Crippen LogP contribution in [0, 0.1) is 0 Å². The third kappa shape index (κ3) is 8.42. The standard InChI is InChI=1S/C20H33N9.HI/c1-2-21-19(23-10-5-13-29-14-6-11-26-29)22-9-4-12-27-15-17-28(18-16-27)20-24-7-3-8-25-20;/h3,6-8,11,14H,2,4-5,9-10,12-13,15-18H2,1H3,(H2,21,22,23);1H. The van der Waals surface area contributed by atoms with Crippen molar-refractivity contribution in [1.29, 1.82) is 0 Å². The Hall–Kier alpha value is -1.95. The lowest BCUT2D eigenvalue weighted by Gasteiger charge is -2.34. The molecule has 166 valence electrons. The monoisotopic (exact) mass is 527 g/mol. The van der Waals surface area contributed by atoms with E-state index in [1.54, 1.807) is 12.4 Å². The molecule has 1 fully saturated rings. The van der Waals surface area contributed by atoms with Crippen molar-refractivity contribution in [1.82, 2.24) is 35.3 Å². The minimum absolute atomic E-state index is 0. The molecule has 0 unspecified atom stereocenters. The molecule has 0 radical (unpaired) electrons. The summed E-state index contributed by atoms with van der Waals surface area (Å²) in [6.45, 7) is 10.7. The zero-order valence-electron chi connectivity index (χ0n) is 17.8. The highest BCUT2D eigenvalue weighted by molar-refractivity contribution is 14.0. The molecule has 1 saturated heterocycles. The van der Waals surface area contributed by atoms with Gasteiger partial charge in [-0.05, 0) is 38.4 Å². The molecule has 9 nitrogen and oxygen atoms in total. The molecule has 30 heavy (non-hydrogen) atoms. The molecule has 10 heteroatoms. The molecule has 2 aromatic rings. The normalized spacial score (nSPS) is 15.0. The third-order valence-electron chi connectivity index (χ3n) is 4.87. The maximum atomic E-state index is 4.66. The average Bonchev–Trinajstić information content (AvgIpc) is 3.29. The minimum atomic E-state index is 0. The van der Waals surface area contributed by atoms with Gasteiger partial charge >= 0.3 is 0 Å². The first kappa shape index (κ1) is 24.3. The fraction of sp³-hybridized carbons (Fsp3) is 0.600. The van der Waals surface area contributed by atoms with E-state index >= 15 is 0 Å². The second kappa shape index (κ2) is 14.1. The molecule has 0 saturated carbocycles. The topological polar surface area (TPSA) is 86.5 Å². The van der Waals surface area contributed by atoms with Crippen LogP contribution in [0.4, 0.5) is 5.95 Å². The molecular weight excluding hydrogens is 493 g/mol. The number of aliphatic imine (C=N–C) groups is 1. The molecule has 0 aromatic carbocycles. The average molecular weight is 527 g/mol. The van der Waals surface area contributed by atoms with Crippen molar-refractivity contribution >= 4 is 35.9 Å². The molecular formula is C20H34IN9. The van der Waals surface area contributed by atoms with E-state index in [4.69, 9.17) is 0 Å². The van der Waals surface area contributed by atoms with Gasteiger partial charge in [-0.25, -0.2) is 9.97 Å².